The second-order valence-electron chi connectivity index (χ2n) is 7.10. The summed E-state index contributed by atoms with van der Waals surface area (Å²) in [4.78, 5) is 14.1. The van der Waals surface area contributed by atoms with Crippen LogP contribution in [-0.2, 0) is 29.2 Å². The molecule has 9 nitrogen and oxygen atoms in total. The highest BCUT2D eigenvalue weighted by atomic mass is 16.5. The van der Waals surface area contributed by atoms with Crippen molar-refractivity contribution in [1.29, 1.82) is 0 Å². The Labute approximate surface area is 163 Å². The summed E-state index contributed by atoms with van der Waals surface area (Å²) in [7, 11) is 3.53. The third-order valence-corrected chi connectivity index (χ3v) is 4.84. The van der Waals surface area contributed by atoms with E-state index in [4.69, 9.17) is 4.74 Å². The van der Waals surface area contributed by atoms with E-state index < -0.39 is 24.4 Å². The molecular weight excluding hydrogens is 362 g/mol. The van der Waals surface area contributed by atoms with Crippen LogP contribution in [0.15, 0.2) is 36.5 Å². The van der Waals surface area contributed by atoms with E-state index in [-0.39, 0.29) is 18.9 Å². The number of hydrogen-bond donors (Lipinski definition) is 3. The number of carbonyl (C=O) groups is 1. The molecule has 1 amide bonds. The number of hydrogen-bond acceptors (Lipinski definition) is 7. The van der Waals surface area contributed by atoms with Crippen LogP contribution in [0.25, 0.3) is 0 Å². The molecule has 1 fully saturated rings. The molecule has 3 N–H and O–H groups in total. The van der Waals surface area contributed by atoms with Crippen LogP contribution in [0.3, 0.4) is 0 Å². The number of nitrogens with one attached hydrogen (secondary N) is 1. The monoisotopic (exact) mass is 389 g/mol. The molecule has 1 aromatic carbocycles. The van der Waals surface area contributed by atoms with Gasteiger partial charge in [0.15, 0.2) is 0 Å². The molecule has 0 spiro atoms. The third-order valence-electron chi connectivity index (χ3n) is 4.84. The Morgan fingerprint density at radius 3 is 2.68 bits per heavy atom. The van der Waals surface area contributed by atoms with E-state index in [0.29, 0.717) is 13.1 Å². The molecule has 0 saturated carbocycles. The summed E-state index contributed by atoms with van der Waals surface area (Å²) in [6.45, 7) is 1.31. The van der Waals surface area contributed by atoms with Crippen LogP contribution in [0.1, 0.15) is 17.7 Å². The lowest BCUT2D eigenvalue weighted by Gasteiger charge is -2.21. The topological polar surface area (TPSA) is 113 Å². The fraction of sp³-hybridized carbons (Fsp3) is 0.526. The van der Waals surface area contributed by atoms with Crippen LogP contribution in [0.2, 0.25) is 0 Å². The fourth-order valence-corrected chi connectivity index (χ4v) is 3.29. The van der Waals surface area contributed by atoms with E-state index >= 15 is 0 Å². The highest BCUT2D eigenvalue weighted by molar-refractivity contribution is 5.76. The van der Waals surface area contributed by atoms with Crippen molar-refractivity contribution in [3.05, 3.63) is 47.8 Å². The zero-order chi connectivity index (χ0) is 20.1. The smallest absolute Gasteiger partial charge is 0.225 e. The number of benzene rings is 1. The molecule has 2 heterocycles. The highest BCUT2D eigenvalue weighted by Crippen LogP contribution is 2.25. The lowest BCUT2D eigenvalue weighted by molar-refractivity contribution is -0.134. The number of aliphatic hydroxyl groups is 2. The maximum absolute atomic E-state index is 12.5. The van der Waals surface area contributed by atoms with Crippen molar-refractivity contribution in [1.82, 2.24) is 25.2 Å². The molecule has 0 aliphatic carbocycles. The number of aromatic nitrogens is 3. The molecule has 4 unspecified atom stereocenters. The van der Waals surface area contributed by atoms with Gasteiger partial charge >= 0.3 is 0 Å². The lowest BCUT2D eigenvalue weighted by Crippen LogP contribution is -2.36. The zero-order valence-corrected chi connectivity index (χ0v) is 16.1. The second kappa shape index (κ2) is 9.24. The van der Waals surface area contributed by atoms with E-state index in [9.17, 15) is 15.0 Å². The predicted molar refractivity (Wildman–Crippen MR) is 101 cm³/mol. The largest absolute Gasteiger partial charge is 0.388 e. The van der Waals surface area contributed by atoms with E-state index in [2.05, 4.69) is 15.6 Å². The van der Waals surface area contributed by atoms with Crippen LogP contribution in [0.5, 0.6) is 0 Å². The van der Waals surface area contributed by atoms with Gasteiger partial charge in [-0.2, -0.15) is 0 Å². The maximum atomic E-state index is 12.5. The van der Waals surface area contributed by atoms with Gasteiger partial charge in [-0.25, -0.2) is 4.68 Å². The van der Waals surface area contributed by atoms with Crippen molar-refractivity contribution in [3.8, 4) is 0 Å². The van der Waals surface area contributed by atoms with Crippen molar-refractivity contribution in [2.75, 3.05) is 14.1 Å². The number of nitrogens with zero attached hydrogens (tertiary/aromatic N) is 4. The zero-order valence-electron chi connectivity index (χ0n) is 16.1. The van der Waals surface area contributed by atoms with Crippen LogP contribution in [0.4, 0.5) is 0 Å². The molecule has 1 aliphatic rings. The number of aliphatic hydroxyl groups excluding tert-OH is 2. The minimum absolute atomic E-state index is 0.000419. The highest BCUT2D eigenvalue weighted by Gasteiger charge is 2.43. The SMILES string of the molecule is CNCc1cn(CC2OC(CC(=O)N(C)Cc3ccccc3)C(O)C2O)nn1. The van der Waals surface area contributed by atoms with Gasteiger partial charge in [0.25, 0.3) is 0 Å². The summed E-state index contributed by atoms with van der Waals surface area (Å²) >= 11 is 0. The molecule has 4 atom stereocenters. The first-order chi connectivity index (χ1) is 13.5. The van der Waals surface area contributed by atoms with E-state index in [1.807, 2.05) is 37.4 Å². The maximum Gasteiger partial charge on any atom is 0.225 e. The van der Waals surface area contributed by atoms with Gasteiger partial charge in [-0.15, -0.1) is 5.10 Å². The average Bonchev–Trinajstić information content (AvgIpc) is 3.23. The Bertz CT molecular complexity index is 769. The van der Waals surface area contributed by atoms with Crippen LogP contribution in [0, 0.1) is 0 Å². The molecule has 152 valence electrons. The molecule has 9 heteroatoms. The van der Waals surface area contributed by atoms with Crippen LogP contribution < -0.4 is 5.32 Å². The molecular formula is C19H27N5O4. The Morgan fingerprint density at radius 2 is 1.96 bits per heavy atom. The van der Waals surface area contributed by atoms with Gasteiger partial charge in [-0.1, -0.05) is 35.5 Å². The minimum atomic E-state index is -1.13. The first kappa shape index (κ1) is 20.4. The summed E-state index contributed by atoms with van der Waals surface area (Å²) in [6.07, 6.45) is -1.87. The normalized spacial score (nSPS) is 24.4. The van der Waals surface area contributed by atoms with Gasteiger partial charge in [0.1, 0.15) is 18.3 Å². The van der Waals surface area contributed by atoms with E-state index in [1.165, 1.54) is 0 Å². The molecule has 0 radical (unpaired) electrons. The van der Waals surface area contributed by atoms with Gasteiger partial charge in [-0.3, -0.25) is 4.79 Å². The Morgan fingerprint density at radius 1 is 1.25 bits per heavy atom. The molecule has 1 aromatic heterocycles. The standard InChI is InChI=1S/C19H27N5O4/c1-20-9-14-11-24(22-21-14)12-16-19(27)18(26)15(28-16)8-17(25)23(2)10-13-6-4-3-5-7-13/h3-7,11,15-16,18-20,26-27H,8-10,12H2,1-2H3. The lowest BCUT2D eigenvalue weighted by atomic mass is 10.0. The van der Waals surface area contributed by atoms with Crippen molar-refractivity contribution < 1.29 is 19.7 Å². The van der Waals surface area contributed by atoms with Crippen molar-refractivity contribution in [2.45, 2.75) is 50.5 Å². The number of amides is 1. The van der Waals surface area contributed by atoms with Crippen molar-refractivity contribution in [2.24, 2.45) is 0 Å². The Kier molecular flexibility index (Phi) is 6.74. The van der Waals surface area contributed by atoms with Gasteiger partial charge in [-0.05, 0) is 12.6 Å². The van der Waals surface area contributed by atoms with E-state index in [1.54, 1.807) is 22.8 Å². The molecule has 3 rings (SSSR count). The van der Waals surface area contributed by atoms with Gasteiger partial charge in [0.05, 0.1) is 24.8 Å². The molecule has 0 bridgehead atoms. The summed E-state index contributed by atoms with van der Waals surface area (Å²) < 4.78 is 7.35. The van der Waals surface area contributed by atoms with Crippen molar-refractivity contribution >= 4 is 5.91 Å². The summed E-state index contributed by atoms with van der Waals surface area (Å²) in [5, 5.41) is 31.6. The molecule has 1 saturated heterocycles. The minimum Gasteiger partial charge on any atom is -0.388 e. The number of carbonyl (C=O) groups excluding carboxylic acids is 1. The second-order valence-corrected chi connectivity index (χ2v) is 7.10. The summed E-state index contributed by atoms with van der Waals surface area (Å²) in [5.74, 6) is -0.155. The number of rotatable bonds is 8. The average molecular weight is 389 g/mol. The van der Waals surface area contributed by atoms with Gasteiger partial charge in [0.2, 0.25) is 5.91 Å². The first-order valence-corrected chi connectivity index (χ1v) is 9.31. The summed E-state index contributed by atoms with van der Waals surface area (Å²) in [6, 6.07) is 9.66. The van der Waals surface area contributed by atoms with E-state index in [0.717, 1.165) is 11.3 Å². The Hall–Kier alpha value is -2.33. The molecule has 1 aliphatic heterocycles. The third kappa shape index (κ3) is 4.93. The Balaban J connectivity index is 1.54. The van der Waals surface area contributed by atoms with Crippen molar-refractivity contribution in [3.63, 3.8) is 0 Å². The predicted octanol–water partition coefficient (Wildman–Crippen LogP) is -0.465. The summed E-state index contributed by atoms with van der Waals surface area (Å²) in [5.41, 5.74) is 1.79. The quantitative estimate of drug-likeness (QED) is 0.560. The fourth-order valence-electron chi connectivity index (χ4n) is 3.29. The molecule has 28 heavy (non-hydrogen) atoms. The molecule has 2 aromatic rings. The van der Waals surface area contributed by atoms with Gasteiger partial charge in [0, 0.05) is 26.3 Å². The number of ether oxygens (including phenoxy) is 1. The first-order valence-electron chi connectivity index (χ1n) is 9.31. The van der Waals surface area contributed by atoms with Gasteiger partial charge < -0.3 is 25.2 Å². The van der Waals surface area contributed by atoms with Crippen LogP contribution >= 0.6 is 0 Å². The van der Waals surface area contributed by atoms with Crippen LogP contribution in [-0.4, -0.2) is 74.5 Å².